The van der Waals surface area contributed by atoms with Crippen molar-refractivity contribution < 1.29 is 28.7 Å². The van der Waals surface area contributed by atoms with Gasteiger partial charge in [0.05, 0.1) is 50.6 Å². The Morgan fingerprint density at radius 3 is 1.91 bits per heavy atom. The number of amides is 4. The molecule has 14 heteroatoms. The number of ether oxygens (including phenoxy) is 2. The molecule has 3 heterocycles. The summed E-state index contributed by atoms with van der Waals surface area (Å²) >= 11 is 0. The molecule has 1 aliphatic heterocycles. The van der Waals surface area contributed by atoms with Crippen LogP contribution in [-0.4, -0.2) is 92.6 Å². The number of carbonyl (C=O) groups excluding carboxylic acids is 4. The van der Waals surface area contributed by atoms with Crippen LogP contribution in [-0.2, 0) is 25.6 Å². The summed E-state index contributed by atoms with van der Waals surface area (Å²) < 4.78 is 9.54. The molecule has 2 bridgehead atoms. The number of piperidine rings is 1. The minimum absolute atomic E-state index is 0.101. The van der Waals surface area contributed by atoms with Crippen LogP contribution in [0.3, 0.4) is 0 Å². The number of imidazole rings is 2. The van der Waals surface area contributed by atoms with Crippen LogP contribution in [0.5, 0.6) is 0 Å². The van der Waals surface area contributed by atoms with Crippen molar-refractivity contribution in [1.82, 2.24) is 40.4 Å². The molecule has 0 spiro atoms. The molecule has 2 fully saturated rings. The van der Waals surface area contributed by atoms with Gasteiger partial charge in [-0.05, 0) is 78.8 Å². The third kappa shape index (κ3) is 9.36. The zero-order chi connectivity index (χ0) is 41.5. The van der Waals surface area contributed by atoms with Crippen molar-refractivity contribution in [3.8, 4) is 34.4 Å². The maximum absolute atomic E-state index is 13.9. The SMILES string of the molecule is CCCN(Cc1ncc(-c2ccc(C#Cc3ccc(-c4cnc([C@@H]5[C@H]6CC[C@H](C6)N5C(=O)[C@@H](NC(=O)OC)C(C)C)[nH]4)cc3)cc2)[nH]1)C(=O)[C@@H](NC(=O)OC)C(C)C. The van der Waals surface area contributed by atoms with Crippen molar-refractivity contribution in [1.29, 1.82) is 0 Å². The van der Waals surface area contributed by atoms with Crippen molar-refractivity contribution in [2.45, 2.75) is 91.0 Å². The molecule has 2 aliphatic rings. The van der Waals surface area contributed by atoms with E-state index in [1.165, 1.54) is 14.2 Å². The lowest BCUT2D eigenvalue weighted by Gasteiger charge is -2.37. The third-order valence-corrected chi connectivity index (χ3v) is 11.0. The van der Waals surface area contributed by atoms with Gasteiger partial charge in [0.2, 0.25) is 11.8 Å². The highest BCUT2D eigenvalue weighted by atomic mass is 16.5. The monoisotopic (exact) mass is 790 g/mol. The highest BCUT2D eigenvalue weighted by molar-refractivity contribution is 5.87. The number of aromatic amines is 2. The number of nitrogens with one attached hydrogen (secondary N) is 4. The first-order chi connectivity index (χ1) is 27.9. The molecule has 14 nitrogen and oxygen atoms in total. The number of likely N-dealkylation sites (tertiary alicyclic amines) is 1. The van der Waals surface area contributed by atoms with E-state index in [0.29, 0.717) is 18.3 Å². The maximum Gasteiger partial charge on any atom is 0.407 e. The highest BCUT2D eigenvalue weighted by Crippen LogP contribution is 2.50. The van der Waals surface area contributed by atoms with E-state index < -0.39 is 24.3 Å². The van der Waals surface area contributed by atoms with Gasteiger partial charge in [-0.2, -0.15) is 0 Å². The molecule has 6 rings (SSSR count). The lowest BCUT2D eigenvalue weighted by atomic mass is 9.95. The van der Waals surface area contributed by atoms with Gasteiger partial charge in [-0.15, -0.1) is 0 Å². The Hall–Kier alpha value is -6.10. The van der Waals surface area contributed by atoms with Crippen LogP contribution in [0.4, 0.5) is 9.59 Å². The predicted molar refractivity (Wildman–Crippen MR) is 219 cm³/mol. The first-order valence-electron chi connectivity index (χ1n) is 20.0. The largest absolute Gasteiger partial charge is 0.453 e. The van der Waals surface area contributed by atoms with E-state index in [1.807, 2.05) is 94.2 Å². The van der Waals surface area contributed by atoms with Crippen LogP contribution >= 0.6 is 0 Å². The number of methoxy groups -OCH3 is 2. The molecule has 1 saturated carbocycles. The Labute approximate surface area is 339 Å². The van der Waals surface area contributed by atoms with Gasteiger partial charge < -0.3 is 39.9 Å². The summed E-state index contributed by atoms with van der Waals surface area (Å²) in [7, 11) is 2.58. The van der Waals surface area contributed by atoms with Gasteiger partial charge in [-0.1, -0.05) is 70.7 Å². The number of aromatic nitrogens is 4. The quantitative estimate of drug-likeness (QED) is 0.112. The second-order valence-corrected chi connectivity index (χ2v) is 15.7. The number of fused-ring (bicyclic) bond motifs is 2. The molecular weight excluding hydrogens is 737 g/mol. The highest BCUT2D eigenvalue weighted by Gasteiger charge is 2.51. The summed E-state index contributed by atoms with van der Waals surface area (Å²) in [6, 6.07) is 14.4. The number of H-pyrrole nitrogens is 2. The Kier molecular flexibility index (Phi) is 13.2. The summed E-state index contributed by atoms with van der Waals surface area (Å²) in [5.74, 6) is 7.69. The van der Waals surface area contributed by atoms with Gasteiger partial charge in [0, 0.05) is 23.7 Å². The number of alkyl carbamates (subject to hydrolysis) is 2. The molecule has 1 aliphatic carbocycles. The summed E-state index contributed by atoms with van der Waals surface area (Å²) in [5.41, 5.74) is 5.29. The topological polar surface area (TPSA) is 175 Å². The minimum Gasteiger partial charge on any atom is -0.453 e. The van der Waals surface area contributed by atoms with E-state index in [-0.39, 0.29) is 42.3 Å². The van der Waals surface area contributed by atoms with E-state index in [2.05, 4.69) is 37.4 Å². The number of hydrogen-bond acceptors (Lipinski definition) is 8. The zero-order valence-electron chi connectivity index (χ0n) is 34.3. The van der Waals surface area contributed by atoms with Gasteiger partial charge >= 0.3 is 12.2 Å². The smallest absolute Gasteiger partial charge is 0.407 e. The first-order valence-corrected chi connectivity index (χ1v) is 20.0. The Bertz CT molecular complexity index is 2130. The van der Waals surface area contributed by atoms with Crippen LogP contribution in [0.15, 0.2) is 60.9 Å². The Morgan fingerprint density at radius 2 is 1.36 bits per heavy atom. The van der Waals surface area contributed by atoms with Gasteiger partial charge in [0.25, 0.3) is 0 Å². The molecule has 1 saturated heterocycles. The van der Waals surface area contributed by atoms with Crippen LogP contribution in [0.1, 0.15) is 89.1 Å². The van der Waals surface area contributed by atoms with Gasteiger partial charge in [-0.25, -0.2) is 19.6 Å². The zero-order valence-corrected chi connectivity index (χ0v) is 34.3. The van der Waals surface area contributed by atoms with Gasteiger partial charge in [-0.3, -0.25) is 9.59 Å². The van der Waals surface area contributed by atoms with Crippen molar-refractivity contribution in [3.63, 3.8) is 0 Å². The summed E-state index contributed by atoms with van der Waals surface area (Å²) in [6.45, 7) is 10.4. The summed E-state index contributed by atoms with van der Waals surface area (Å²) in [5, 5.41) is 5.41. The van der Waals surface area contributed by atoms with Crippen LogP contribution in [0.25, 0.3) is 22.5 Å². The maximum atomic E-state index is 13.9. The van der Waals surface area contributed by atoms with Crippen molar-refractivity contribution in [2.24, 2.45) is 17.8 Å². The van der Waals surface area contributed by atoms with E-state index in [4.69, 9.17) is 14.5 Å². The van der Waals surface area contributed by atoms with Crippen LogP contribution in [0.2, 0.25) is 0 Å². The van der Waals surface area contributed by atoms with Crippen LogP contribution in [0, 0.1) is 29.6 Å². The standard InChI is InChI=1S/C44H54N8O6/c1-8-21-51(41(53)37(26(2)3)49-43(55)57-6)25-36-45-23-34(47-36)30-15-11-28(12-16-30)9-10-29-13-17-31(18-14-29)35-24-46-40(48-35)39-32-19-20-33(22-32)52(39)42(54)38(27(4)5)50-44(56)58-7/h11-18,23-24,26-27,32-33,37-39H,8,19-22,25H2,1-7H3,(H,45,47)(H,46,48)(H,49,55)(H,50,56)/t32-,33+,37-,38-,39-/m0/s1. The van der Waals surface area contributed by atoms with Gasteiger partial charge in [0.15, 0.2) is 0 Å². The summed E-state index contributed by atoms with van der Waals surface area (Å²) in [6.07, 6.45) is 5.98. The predicted octanol–water partition coefficient (Wildman–Crippen LogP) is 6.42. The molecule has 4 amide bonds. The van der Waals surface area contributed by atoms with E-state index in [1.54, 1.807) is 11.1 Å². The first kappa shape index (κ1) is 41.5. The molecule has 58 heavy (non-hydrogen) atoms. The third-order valence-electron chi connectivity index (χ3n) is 11.0. The summed E-state index contributed by atoms with van der Waals surface area (Å²) in [4.78, 5) is 71.1. The molecule has 5 atom stereocenters. The molecule has 0 unspecified atom stereocenters. The molecule has 2 aromatic carbocycles. The number of carbonyl (C=O) groups is 4. The van der Waals surface area contributed by atoms with E-state index in [0.717, 1.165) is 65.1 Å². The van der Waals surface area contributed by atoms with Gasteiger partial charge in [0.1, 0.15) is 23.7 Å². The molecule has 4 N–H and O–H groups in total. The average Bonchev–Trinajstić information content (AvgIpc) is 4.06. The number of rotatable bonds is 13. The Morgan fingerprint density at radius 1 is 0.810 bits per heavy atom. The average molecular weight is 791 g/mol. The van der Waals surface area contributed by atoms with E-state index >= 15 is 0 Å². The fraction of sp³-hybridized carbons (Fsp3) is 0.455. The molecule has 2 aromatic heterocycles. The molecule has 306 valence electrons. The fourth-order valence-electron chi connectivity index (χ4n) is 7.97. The van der Waals surface area contributed by atoms with Crippen LogP contribution < -0.4 is 10.6 Å². The molecular formula is C44H54N8O6. The van der Waals surface area contributed by atoms with Crippen molar-refractivity contribution >= 4 is 24.0 Å². The molecule has 0 radical (unpaired) electrons. The van der Waals surface area contributed by atoms with Crippen molar-refractivity contribution in [2.75, 3.05) is 20.8 Å². The number of benzene rings is 2. The lowest BCUT2D eigenvalue weighted by Crippen LogP contribution is -2.54. The second kappa shape index (κ2) is 18.4. The second-order valence-electron chi connectivity index (χ2n) is 15.7. The number of hydrogen-bond donors (Lipinski definition) is 4. The molecule has 4 aromatic rings. The fourth-order valence-corrected chi connectivity index (χ4v) is 7.97. The van der Waals surface area contributed by atoms with Crippen molar-refractivity contribution in [3.05, 3.63) is 83.7 Å². The van der Waals surface area contributed by atoms with E-state index in [9.17, 15) is 19.2 Å². The normalized spacial score (nSPS) is 18.0. The minimum atomic E-state index is -0.712. The Balaban J connectivity index is 1.09. The lowest BCUT2D eigenvalue weighted by molar-refractivity contribution is -0.139. The number of nitrogens with zero attached hydrogens (tertiary/aromatic N) is 4.